The minimum Gasteiger partial charge on any atom is -0.382 e. The fourth-order valence-electron chi connectivity index (χ4n) is 1.83. The van der Waals surface area contributed by atoms with Gasteiger partial charge in [0, 0.05) is 19.1 Å². The van der Waals surface area contributed by atoms with Gasteiger partial charge in [0.2, 0.25) is 0 Å². The van der Waals surface area contributed by atoms with Crippen LogP contribution in [0.15, 0.2) is 0 Å². The second kappa shape index (κ2) is 6.92. The van der Waals surface area contributed by atoms with Crippen molar-refractivity contribution in [3.63, 3.8) is 0 Å². The minimum atomic E-state index is -0.191. The zero-order chi connectivity index (χ0) is 15.3. The van der Waals surface area contributed by atoms with E-state index in [1.807, 2.05) is 18.9 Å². The molecule has 0 fully saturated rings. The highest BCUT2D eigenvalue weighted by molar-refractivity contribution is 7.18. The number of anilines is 2. The second-order valence-corrected chi connectivity index (χ2v) is 6.33. The van der Waals surface area contributed by atoms with Crippen LogP contribution in [0.4, 0.5) is 10.9 Å². The smallest absolute Gasteiger partial charge is 0.265 e. The molecule has 0 aliphatic heterocycles. The van der Waals surface area contributed by atoms with Gasteiger partial charge in [-0.2, -0.15) is 0 Å². The molecule has 5 nitrogen and oxygen atoms in total. The molecule has 1 aromatic rings. The minimum absolute atomic E-state index is 0.123. The molecule has 1 aromatic heterocycles. The predicted molar refractivity (Wildman–Crippen MR) is 86.5 cm³/mol. The Kier molecular flexibility index (Phi) is 5.80. The number of thiazole rings is 1. The van der Waals surface area contributed by atoms with Gasteiger partial charge in [-0.25, -0.2) is 4.98 Å². The highest BCUT2D eigenvalue weighted by Gasteiger charge is 2.25. The van der Waals surface area contributed by atoms with E-state index in [9.17, 15) is 4.79 Å². The van der Waals surface area contributed by atoms with Gasteiger partial charge >= 0.3 is 0 Å². The Balaban J connectivity index is 2.89. The van der Waals surface area contributed by atoms with Gasteiger partial charge in [0.15, 0.2) is 5.13 Å². The molecule has 0 atom stereocenters. The van der Waals surface area contributed by atoms with Crippen molar-refractivity contribution >= 4 is 28.2 Å². The molecule has 3 N–H and O–H groups in total. The van der Waals surface area contributed by atoms with Gasteiger partial charge in [0.05, 0.1) is 0 Å². The van der Waals surface area contributed by atoms with Crippen molar-refractivity contribution < 1.29 is 4.79 Å². The molecule has 20 heavy (non-hydrogen) atoms. The lowest BCUT2D eigenvalue weighted by atomic mass is 9.95. The van der Waals surface area contributed by atoms with Crippen LogP contribution < -0.4 is 16.0 Å². The number of nitrogens with zero attached hydrogens (tertiary/aromatic N) is 2. The van der Waals surface area contributed by atoms with E-state index >= 15 is 0 Å². The third-order valence-electron chi connectivity index (χ3n) is 3.71. The molecule has 114 valence electrons. The number of rotatable bonds is 7. The molecule has 0 aromatic carbocycles. The molecule has 1 amide bonds. The van der Waals surface area contributed by atoms with E-state index in [0.717, 1.165) is 30.9 Å². The summed E-state index contributed by atoms with van der Waals surface area (Å²) in [5.74, 6) is 0.197. The Morgan fingerprint density at radius 2 is 2.00 bits per heavy atom. The first kappa shape index (κ1) is 16.8. The molecule has 0 aliphatic rings. The predicted octanol–water partition coefficient (Wildman–Crippen LogP) is 2.88. The quantitative estimate of drug-likeness (QED) is 0.812. The molecule has 0 saturated heterocycles. The van der Waals surface area contributed by atoms with E-state index < -0.39 is 0 Å². The van der Waals surface area contributed by atoms with Crippen molar-refractivity contribution in [2.45, 2.75) is 52.5 Å². The van der Waals surface area contributed by atoms with Crippen LogP contribution in [0, 0.1) is 0 Å². The molecular weight excluding hydrogens is 272 g/mol. The van der Waals surface area contributed by atoms with Crippen LogP contribution in [0.1, 0.15) is 56.6 Å². The molecule has 1 heterocycles. The number of nitrogens with one attached hydrogen (secondary N) is 1. The van der Waals surface area contributed by atoms with Gasteiger partial charge in [-0.3, -0.25) is 4.79 Å². The van der Waals surface area contributed by atoms with E-state index in [4.69, 9.17) is 5.73 Å². The van der Waals surface area contributed by atoms with Gasteiger partial charge in [0.25, 0.3) is 5.91 Å². The van der Waals surface area contributed by atoms with Crippen LogP contribution in [-0.4, -0.2) is 30.0 Å². The molecule has 0 aliphatic carbocycles. The fraction of sp³-hybridized carbons (Fsp3) is 0.714. The summed E-state index contributed by atoms with van der Waals surface area (Å²) in [6.45, 7) is 9.19. The largest absolute Gasteiger partial charge is 0.382 e. The third-order valence-corrected chi connectivity index (χ3v) is 4.89. The Labute approximate surface area is 125 Å². The van der Waals surface area contributed by atoms with E-state index in [1.165, 1.54) is 11.3 Å². The first-order valence-corrected chi connectivity index (χ1v) is 7.98. The average molecular weight is 298 g/mol. The standard InChI is InChI=1S/C14H26N4OS/c1-6-9-18(5)13-16-11(15)10(20-13)12(19)17-14(4,7-2)8-3/h6-9,15H2,1-5H3,(H,17,19). The Bertz CT molecular complexity index is 454. The van der Waals surface area contributed by atoms with Gasteiger partial charge in [-0.05, 0) is 26.2 Å². The maximum Gasteiger partial charge on any atom is 0.265 e. The lowest BCUT2D eigenvalue weighted by molar-refractivity contribution is 0.0906. The molecule has 1 rings (SSSR count). The lowest BCUT2D eigenvalue weighted by Crippen LogP contribution is -2.44. The van der Waals surface area contributed by atoms with Crippen molar-refractivity contribution in [3.8, 4) is 0 Å². The van der Waals surface area contributed by atoms with Crippen molar-refractivity contribution in [3.05, 3.63) is 4.88 Å². The summed E-state index contributed by atoms with van der Waals surface area (Å²) >= 11 is 1.36. The lowest BCUT2D eigenvalue weighted by Gasteiger charge is -2.27. The summed E-state index contributed by atoms with van der Waals surface area (Å²) < 4.78 is 0. The van der Waals surface area contributed by atoms with Gasteiger partial charge in [0.1, 0.15) is 10.7 Å². The van der Waals surface area contributed by atoms with E-state index in [1.54, 1.807) is 0 Å². The zero-order valence-electron chi connectivity index (χ0n) is 13.1. The summed E-state index contributed by atoms with van der Waals surface area (Å²) in [5, 5.41) is 3.86. The number of carbonyl (C=O) groups excluding carboxylic acids is 1. The summed E-state index contributed by atoms with van der Waals surface area (Å²) in [6, 6.07) is 0. The Morgan fingerprint density at radius 3 is 2.50 bits per heavy atom. The van der Waals surface area contributed by atoms with Crippen LogP contribution in [0.3, 0.4) is 0 Å². The Morgan fingerprint density at radius 1 is 1.40 bits per heavy atom. The summed E-state index contributed by atoms with van der Waals surface area (Å²) in [7, 11) is 1.96. The maximum atomic E-state index is 12.4. The van der Waals surface area contributed by atoms with E-state index in [-0.39, 0.29) is 11.4 Å². The van der Waals surface area contributed by atoms with Crippen LogP contribution in [0.2, 0.25) is 0 Å². The highest BCUT2D eigenvalue weighted by Crippen LogP contribution is 2.28. The van der Waals surface area contributed by atoms with Crippen LogP contribution in [-0.2, 0) is 0 Å². The molecule has 0 spiro atoms. The second-order valence-electron chi connectivity index (χ2n) is 5.35. The van der Waals surface area contributed by atoms with Gasteiger partial charge in [-0.1, -0.05) is 32.1 Å². The SMILES string of the molecule is CCCN(C)c1nc(N)c(C(=O)NC(C)(CC)CC)s1. The van der Waals surface area contributed by atoms with Crippen LogP contribution in [0.5, 0.6) is 0 Å². The molecule has 0 unspecified atom stereocenters. The molecule has 0 bridgehead atoms. The number of amides is 1. The monoisotopic (exact) mass is 298 g/mol. The molecular formula is C14H26N4OS. The van der Waals surface area contributed by atoms with Crippen molar-refractivity contribution in [1.82, 2.24) is 10.3 Å². The number of aromatic nitrogens is 1. The molecule has 6 heteroatoms. The van der Waals surface area contributed by atoms with Gasteiger partial charge < -0.3 is 16.0 Å². The van der Waals surface area contributed by atoms with E-state index in [2.05, 4.69) is 31.1 Å². The third kappa shape index (κ3) is 3.85. The number of hydrogen-bond acceptors (Lipinski definition) is 5. The average Bonchev–Trinajstić information content (AvgIpc) is 2.81. The van der Waals surface area contributed by atoms with Crippen molar-refractivity contribution in [2.75, 3.05) is 24.2 Å². The summed E-state index contributed by atoms with van der Waals surface area (Å²) in [6.07, 6.45) is 2.80. The first-order valence-electron chi connectivity index (χ1n) is 7.16. The molecule has 0 radical (unpaired) electrons. The summed E-state index contributed by atoms with van der Waals surface area (Å²) in [5.41, 5.74) is 5.70. The van der Waals surface area contributed by atoms with Gasteiger partial charge in [-0.15, -0.1) is 0 Å². The first-order chi connectivity index (χ1) is 9.36. The zero-order valence-corrected chi connectivity index (χ0v) is 13.9. The van der Waals surface area contributed by atoms with E-state index in [0.29, 0.717) is 10.7 Å². The Hall–Kier alpha value is -1.30. The number of carbonyl (C=O) groups is 1. The van der Waals surface area contributed by atoms with Crippen molar-refractivity contribution in [1.29, 1.82) is 0 Å². The summed E-state index contributed by atoms with van der Waals surface area (Å²) in [4.78, 5) is 19.2. The van der Waals surface area contributed by atoms with Crippen LogP contribution >= 0.6 is 11.3 Å². The fourth-order valence-corrected chi connectivity index (χ4v) is 2.70. The normalized spacial score (nSPS) is 11.4. The number of nitrogen functional groups attached to an aromatic ring is 1. The number of hydrogen-bond donors (Lipinski definition) is 2. The maximum absolute atomic E-state index is 12.4. The topological polar surface area (TPSA) is 71.2 Å². The highest BCUT2D eigenvalue weighted by atomic mass is 32.1. The van der Waals surface area contributed by atoms with Crippen LogP contribution in [0.25, 0.3) is 0 Å². The number of nitrogens with two attached hydrogens (primary N) is 1. The molecule has 0 saturated carbocycles. The van der Waals surface area contributed by atoms with Crippen molar-refractivity contribution in [2.24, 2.45) is 0 Å².